The molecule has 9 nitrogen and oxygen atoms in total. The SMILES string of the molecule is O=C1OC2(CC3OC2CC3OC(=O)C(F)(F)S(=O)(=O)[O-])Oc2ccc(I)c(I)c21. The van der Waals surface area contributed by atoms with E-state index in [0.29, 0.717) is 3.57 Å². The van der Waals surface area contributed by atoms with E-state index in [1.54, 1.807) is 12.1 Å². The van der Waals surface area contributed by atoms with Crippen LogP contribution in [0.2, 0.25) is 0 Å². The zero-order chi connectivity index (χ0) is 21.4. The van der Waals surface area contributed by atoms with Gasteiger partial charge in [0.2, 0.25) is 0 Å². The van der Waals surface area contributed by atoms with E-state index < -0.39 is 51.4 Å². The van der Waals surface area contributed by atoms with Gasteiger partial charge in [-0.1, -0.05) is 0 Å². The van der Waals surface area contributed by atoms with E-state index >= 15 is 0 Å². The monoisotopic (exact) mass is 657 g/mol. The third-order valence-electron chi connectivity index (χ3n) is 4.80. The van der Waals surface area contributed by atoms with Gasteiger partial charge in [-0.2, -0.15) is 8.78 Å². The van der Waals surface area contributed by atoms with Gasteiger partial charge in [0.05, 0.1) is 6.42 Å². The maximum absolute atomic E-state index is 13.3. The van der Waals surface area contributed by atoms with E-state index in [9.17, 15) is 31.3 Å². The maximum atomic E-state index is 13.3. The molecule has 0 saturated carbocycles. The highest BCUT2D eigenvalue weighted by molar-refractivity contribution is 14.1. The van der Waals surface area contributed by atoms with Crippen molar-refractivity contribution in [2.24, 2.45) is 0 Å². The molecule has 0 radical (unpaired) electrons. The van der Waals surface area contributed by atoms with Crippen molar-refractivity contribution in [2.45, 2.75) is 42.2 Å². The van der Waals surface area contributed by atoms with Crippen LogP contribution in [0, 0.1) is 7.14 Å². The van der Waals surface area contributed by atoms with Gasteiger partial charge < -0.3 is 23.5 Å². The number of halogens is 4. The minimum absolute atomic E-state index is 0.126. The second-order valence-corrected chi connectivity index (χ2v) is 10.2. The zero-order valence-electron chi connectivity index (χ0n) is 13.9. The number of carbonyl (C=O) groups excluding carboxylic acids is 2. The molecule has 1 aromatic rings. The topological polar surface area (TPSA) is 128 Å². The molecule has 4 rings (SSSR count). The van der Waals surface area contributed by atoms with E-state index in [4.69, 9.17) is 14.2 Å². The van der Waals surface area contributed by atoms with Crippen molar-refractivity contribution in [1.82, 2.24) is 0 Å². The summed E-state index contributed by atoms with van der Waals surface area (Å²) in [5.41, 5.74) is 0.258. The van der Waals surface area contributed by atoms with Crippen molar-refractivity contribution in [3.8, 4) is 5.75 Å². The number of fused-ring (bicyclic) bond motifs is 4. The maximum Gasteiger partial charge on any atom is 0.428 e. The van der Waals surface area contributed by atoms with Crippen molar-refractivity contribution < 1.29 is 50.3 Å². The molecule has 0 aliphatic carbocycles. The predicted octanol–water partition coefficient (Wildman–Crippen LogP) is 1.75. The van der Waals surface area contributed by atoms with Gasteiger partial charge in [-0.3, -0.25) is 0 Å². The Bertz CT molecular complexity index is 1030. The molecule has 4 atom stereocenters. The summed E-state index contributed by atoms with van der Waals surface area (Å²) in [6, 6.07) is 3.35. The van der Waals surface area contributed by atoms with E-state index in [1.807, 2.05) is 22.6 Å². The molecule has 1 aromatic carbocycles. The molecule has 2 saturated heterocycles. The van der Waals surface area contributed by atoms with E-state index in [0.717, 1.165) is 3.57 Å². The Labute approximate surface area is 189 Å². The van der Waals surface area contributed by atoms with Crippen LogP contribution in [0.3, 0.4) is 0 Å². The van der Waals surface area contributed by atoms with Crippen molar-refractivity contribution in [3.05, 3.63) is 24.8 Å². The van der Waals surface area contributed by atoms with Crippen LogP contribution in [0.25, 0.3) is 0 Å². The van der Waals surface area contributed by atoms with Gasteiger partial charge in [-0.25, -0.2) is 18.0 Å². The first-order valence-electron chi connectivity index (χ1n) is 7.96. The molecule has 4 unspecified atom stereocenters. The minimum atomic E-state index is -6.23. The fourth-order valence-electron chi connectivity index (χ4n) is 3.46. The van der Waals surface area contributed by atoms with Crippen molar-refractivity contribution in [2.75, 3.05) is 0 Å². The lowest BCUT2D eigenvalue weighted by Gasteiger charge is -2.40. The fourth-order valence-corrected chi connectivity index (χ4v) is 4.83. The first kappa shape index (κ1) is 21.4. The van der Waals surface area contributed by atoms with Crippen LogP contribution in [0.1, 0.15) is 23.2 Å². The minimum Gasteiger partial charge on any atom is -0.743 e. The number of ether oxygens (including phenoxy) is 4. The number of carbonyl (C=O) groups is 2. The molecule has 0 aromatic heterocycles. The Morgan fingerprint density at radius 2 is 2.00 bits per heavy atom. The summed E-state index contributed by atoms with van der Waals surface area (Å²) in [4.78, 5) is 24.0. The van der Waals surface area contributed by atoms with E-state index in [1.165, 1.54) is 0 Å². The number of rotatable bonds is 3. The second-order valence-electron chi connectivity index (χ2n) is 6.56. The van der Waals surface area contributed by atoms with Crippen LogP contribution in [0.4, 0.5) is 8.78 Å². The normalized spacial score (nSPS) is 30.7. The van der Waals surface area contributed by atoms with Crippen molar-refractivity contribution in [3.63, 3.8) is 0 Å². The molecule has 2 bridgehead atoms. The van der Waals surface area contributed by atoms with Crippen LogP contribution in [-0.2, 0) is 29.1 Å². The average Bonchev–Trinajstić information content (AvgIpc) is 3.14. The summed E-state index contributed by atoms with van der Waals surface area (Å²) in [7, 11) is -6.23. The Hall–Kier alpha value is -0.850. The van der Waals surface area contributed by atoms with Gasteiger partial charge in [-0.05, 0) is 57.3 Å². The molecule has 0 N–H and O–H groups in total. The van der Waals surface area contributed by atoms with Gasteiger partial charge in [0.1, 0.15) is 29.6 Å². The van der Waals surface area contributed by atoms with Crippen LogP contribution >= 0.6 is 45.2 Å². The van der Waals surface area contributed by atoms with Crippen LogP contribution in [0.15, 0.2) is 12.1 Å². The first-order valence-corrected chi connectivity index (χ1v) is 11.5. The zero-order valence-corrected chi connectivity index (χ0v) is 19.0. The average molecular weight is 657 g/mol. The molecule has 158 valence electrons. The summed E-state index contributed by atoms with van der Waals surface area (Å²) >= 11 is 4.04. The molecule has 29 heavy (non-hydrogen) atoms. The van der Waals surface area contributed by atoms with E-state index in [-0.39, 0.29) is 24.2 Å². The summed E-state index contributed by atoms with van der Waals surface area (Å²) in [5.74, 6) is -4.35. The van der Waals surface area contributed by atoms with E-state index in [2.05, 4.69) is 27.3 Å². The first-order chi connectivity index (χ1) is 13.4. The molecule has 3 aliphatic heterocycles. The smallest absolute Gasteiger partial charge is 0.428 e. The summed E-state index contributed by atoms with van der Waals surface area (Å²) < 4.78 is 81.2. The van der Waals surface area contributed by atoms with Crippen LogP contribution in [0.5, 0.6) is 5.75 Å². The predicted molar refractivity (Wildman–Crippen MR) is 103 cm³/mol. The van der Waals surface area contributed by atoms with Gasteiger partial charge in [-0.15, -0.1) is 0 Å². The quantitative estimate of drug-likeness (QED) is 0.272. The number of hydrogen-bond acceptors (Lipinski definition) is 9. The summed E-state index contributed by atoms with van der Waals surface area (Å²) in [6.07, 6.45) is -3.47. The molecule has 2 fully saturated rings. The lowest BCUT2D eigenvalue weighted by Crippen LogP contribution is -2.54. The molecular weight excluding hydrogens is 648 g/mol. The molecule has 14 heteroatoms. The number of benzene rings is 1. The van der Waals surface area contributed by atoms with Crippen LogP contribution < -0.4 is 4.74 Å². The Morgan fingerprint density at radius 3 is 2.59 bits per heavy atom. The lowest BCUT2D eigenvalue weighted by molar-refractivity contribution is -0.192. The van der Waals surface area contributed by atoms with Crippen LogP contribution in [-0.4, -0.2) is 54.3 Å². The second kappa shape index (κ2) is 6.83. The lowest BCUT2D eigenvalue weighted by atomic mass is 9.90. The fraction of sp³-hybridized carbons (Fsp3) is 0.467. The highest BCUT2D eigenvalue weighted by atomic mass is 127. The van der Waals surface area contributed by atoms with Gasteiger partial charge in [0, 0.05) is 13.6 Å². The van der Waals surface area contributed by atoms with Gasteiger partial charge in [0.25, 0.3) is 5.79 Å². The standard InChI is InChI=1S/C15H10F2I2O9S/c16-15(17,29(22,23)24)13(21)26-7-3-9-14(4-8(7)25-9)27-6-2-1-5(18)11(19)10(6)12(20)28-14/h1-2,7-9H,3-4H2,(H,22,23,24)/p-1. The van der Waals surface area contributed by atoms with Crippen molar-refractivity contribution >= 4 is 67.2 Å². The molecule has 0 amide bonds. The molecule has 3 heterocycles. The number of esters is 2. The Morgan fingerprint density at radius 1 is 1.31 bits per heavy atom. The molecular formula is C15H9F2I2O9S-. The third kappa shape index (κ3) is 3.30. The third-order valence-corrected chi connectivity index (χ3v) is 8.64. The highest BCUT2D eigenvalue weighted by Crippen LogP contribution is 2.50. The molecule has 1 spiro atoms. The van der Waals surface area contributed by atoms with Gasteiger partial charge >= 0.3 is 17.2 Å². The Kier molecular flexibility index (Phi) is 5.03. The summed E-state index contributed by atoms with van der Waals surface area (Å²) in [5, 5.41) is -5.22. The Balaban J connectivity index is 1.52. The van der Waals surface area contributed by atoms with Crippen molar-refractivity contribution in [1.29, 1.82) is 0 Å². The molecule has 3 aliphatic rings. The number of hydrogen-bond donors (Lipinski definition) is 0. The summed E-state index contributed by atoms with van der Waals surface area (Å²) in [6.45, 7) is 0. The largest absolute Gasteiger partial charge is 0.743 e. The van der Waals surface area contributed by atoms with Gasteiger partial charge in [0.15, 0.2) is 10.1 Å². The number of alkyl halides is 2. The highest BCUT2D eigenvalue weighted by Gasteiger charge is 2.65.